The first-order valence-corrected chi connectivity index (χ1v) is 4.59. The maximum Gasteiger partial charge on any atom is -0.0144 e. The molecule has 2 rings (SSSR count). The van der Waals surface area contributed by atoms with Gasteiger partial charge in [-0.15, -0.1) is 18.5 Å². The van der Waals surface area contributed by atoms with Crippen molar-refractivity contribution in [1.29, 1.82) is 0 Å². The lowest BCUT2D eigenvalue weighted by atomic mass is 9.80. The van der Waals surface area contributed by atoms with Crippen LogP contribution in [0.2, 0.25) is 0 Å². The van der Waals surface area contributed by atoms with E-state index < -0.39 is 0 Å². The van der Waals surface area contributed by atoms with E-state index in [9.17, 15) is 0 Å². The van der Waals surface area contributed by atoms with Crippen LogP contribution >= 0.6 is 18.5 Å². The Morgan fingerprint density at radius 1 is 1.25 bits per heavy atom. The quantitative estimate of drug-likeness (QED) is 0.456. The molecule has 0 radical (unpaired) electrons. The van der Waals surface area contributed by atoms with Gasteiger partial charge in [-0.1, -0.05) is 0 Å². The third kappa shape index (κ3) is 0.541. The molecule has 1 spiro atoms. The van der Waals surface area contributed by atoms with Gasteiger partial charge in [-0.05, 0) is 36.0 Å². The Morgan fingerprint density at radius 3 is 2.00 bits per heavy atom. The van der Waals surface area contributed by atoms with E-state index in [2.05, 4.69) is 18.5 Å². The lowest BCUT2D eigenvalue weighted by Gasteiger charge is -2.41. The molecule has 2 aliphatic carbocycles. The average molecular weight is 146 g/mol. The fourth-order valence-electron chi connectivity index (χ4n) is 1.72. The summed E-state index contributed by atoms with van der Waals surface area (Å²) in [5.74, 6) is 0. The molecular formula is C6H12P2. The summed E-state index contributed by atoms with van der Waals surface area (Å²) in [4.78, 5) is 0. The highest BCUT2D eigenvalue weighted by Crippen LogP contribution is 2.65. The lowest BCUT2D eigenvalue weighted by molar-refractivity contribution is 0.317. The van der Waals surface area contributed by atoms with Crippen molar-refractivity contribution in [3.8, 4) is 0 Å². The van der Waals surface area contributed by atoms with Crippen LogP contribution in [0.1, 0.15) is 19.3 Å². The minimum atomic E-state index is 0.844. The normalized spacial score (nSPS) is 48.8. The van der Waals surface area contributed by atoms with Crippen LogP contribution in [0.5, 0.6) is 0 Å². The Morgan fingerprint density at radius 2 is 1.88 bits per heavy atom. The van der Waals surface area contributed by atoms with Crippen molar-refractivity contribution in [2.24, 2.45) is 5.41 Å². The molecular weight excluding hydrogens is 134 g/mol. The SMILES string of the molecule is PC1CC2(CC2)C1P. The van der Waals surface area contributed by atoms with E-state index in [1.807, 2.05) is 0 Å². The fraction of sp³-hybridized carbons (Fsp3) is 1.00. The molecule has 2 heteroatoms. The molecule has 0 heterocycles. The monoisotopic (exact) mass is 146 g/mol. The minimum Gasteiger partial charge on any atom is -0.134 e. The van der Waals surface area contributed by atoms with Gasteiger partial charge in [0.1, 0.15) is 0 Å². The molecule has 0 bridgehead atoms. The molecule has 0 aromatic rings. The highest BCUT2D eigenvalue weighted by molar-refractivity contribution is 7.23. The van der Waals surface area contributed by atoms with Crippen LogP contribution in [0, 0.1) is 5.41 Å². The van der Waals surface area contributed by atoms with Crippen molar-refractivity contribution in [3.63, 3.8) is 0 Å². The Bertz CT molecular complexity index is 118. The highest BCUT2D eigenvalue weighted by atomic mass is 31.0. The average Bonchev–Trinajstić information content (AvgIpc) is 2.49. The predicted octanol–water partition coefficient (Wildman–Crippen LogP) is 1.66. The van der Waals surface area contributed by atoms with Crippen molar-refractivity contribution in [3.05, 3.63) is 0 Å². The molecule has 0 amide bonds. The van der Waals surface area contributed by atoms with Crippen LogP contribution in [-0.2, 0) is 0 Å². The van der Waals surface area contributed by atoms with Crippen molar-refractivity contribution in [1.82, 2.24) is 0 Å². The third-order valence-corrected chi connectivity index (χ3v) is 5.00. The smallest absolute Gasteiger partial charge is 0.0144 e. The first kappa shape index (κ1) is 5.63. The van der Waals surface area contributed by atoms with E-state index in [1.165, 1.54) is 19.3 Å². The summed E-state index contributed by atoms with van der Waals surface area (Å²) in [6.45, 7) is 0. The van der Waals surface area contributed by atoms with Crippen molar-refractivity contribution in [2.45, 2.75) is 30.6 Å². The minimum absolute atomic E-state index is 0.844. The summed E-state index contributed by atoms with van der Waals surface area (Å²) in [6.07, 6.45) is 4.49. The molecule has 2 aliphatic rings. The van der Waals surface area contributed by atoms with Gasteiger partial charge in [-0.2, -0.15) is 0 Å². The molecule has 0 aliphatic heterocycles. The number of rotatable bonds is 0. The van der Waals surface area contributed by atoms with E-state index in [1.54, 1.807) is 0 Å². The van der Waals surface area contributed by atoms with Gasteiger partial charge in [-0.3, -0.25) is 0 Å². The van der Waals surface area contributed by atoms with Crippen molar-refractivity contribution in [2.75, 3.05) is 0 Å². The third-order valence-electron chi connectivity index (χ3n) is 2.70. The topological polar surface area (TPSA) is 0 Å². The second-order valence-electron chi connectivity index (χ2n) is 3.26. The Kier molecular flexibility index (Phi) is 1.03. The molecule has 2 saturated carbocycles. The summed E-state index contributed by atoms with van der Waals surface area (Å²) in [7, 11) is 5.89. The van der Waals surface area contributed by atoms with Crippen LogP contribution in [0.3, 0.4) is 0 Å². The van der Waals surface area contributed by atoms with Crippen LogP contribution in [0.4, 0.5) is 0 Å². The first-order valence-electron chi connectivity index (χ1n) is 3.26. The molecule has 0 N–H and O–H groups in total. The van der Waals surface area contributed by atoms with Crippen LogP contribution < -0.4 is 0 Å². The molecule has 0 aromatic carbocycles. The van der Waals surface area contributed by atoms with Gasteiger partial charge in [-0.25, -0.2) is 0 Å². The molecule has 46 valence electrons. The lowest BCUT2D eigenvalue weighted by Crippen LogP contribution is -2.39. The molecule has 0 aromatic heterocycles. The molecule has 4 atom stereocenters. The summed E-state index contributed by atoms with van der Waals surface area (Å²) in [5, 5.41) is 0. The Balaban J connectivity index is 2.06. The first-order chi connectivity index (χ1) is 3.75. The van der Waals surface area contributed by atoms with Gasteiger partial charge in [0.25, 0.3) is 0 Å². The Labute approximate surface area is 55.2 Å². The second-order valence-corrected chi connectivity index (χ2v) is 4.83. The van der Waals surface area contributed by atoms with Crippen LogP contribution in [0.25, 0.3) is 0 Å². The summed E-state index contributed by atoms with van der Waals surface area (Å²) >= 11 is 0. The van der Waals surface area contributed by atoms with Gasteiger partial charge in [0.15, 0.2) is 0 Å². The highest BCUT2D eigenvalue weighted by Gasteiger charge is 2.57. The maximum atomic E-state index is 2.97. The molecule has 0 nitrogen and oxygen atoms in total. The van der Waals surface area contributed by atoms with Gasteiger partial charge in [0.05, 0.1) is 0 Å². The summed E-state index contributed by atoms with van der Waals surface area (Å²) in [6, 6.07) is 0. The van der Waals surface area contributed by atoms with E-state index >= 15 is 0 Å². The largest absolute Gasteiger partial charge is 0.134 e. The predicted molar refractivity (Wildman–Crippen MR) is 43.3 cm³/mol. The standard InChI is InChI=1S/C6H12P2/c7-4-3-6(1-2-6)5(4)8/h4-5H,1-3,7-8H2. The van der Waals surface area contributed by atoms with Gasteiger partial charge in [0.2, 0.25) is 0 Å². The van der Waals surface area contributed by atoms with Crippen molar-refractivity contribution < 1.29 is 0 Å². The molecule has 8 heavy (non-hydrogen) atoms. The Hall–Kier alpha value is 0.860. The maximum absolute atomic E-state index is 2.97. The zero-order valence-corrected chi connectivity index (χ0v) is 7.24. The fourth-order valence-corrected chi connectivity index (χ4v) is 3.21. The zero-order chi connectivity index (χ0) is 5.78. The summed E-state index contributed by atoms with van der Waals surface area (Å²) in [5.41, 5.74) is 2.70. The summed E-state index contributed by atoms with van der Waals surface area (Å²) < 4.78 is 0. The second kappa shape index (κ2) is 1.47. The number of hydrogen-bond acceptors (Lipinski definition) is 0. The van der Waals surface area contributed by atoms with Crippen LogP contribution in [-0.4, -0.2) is 11.3 Å². The van der Waals surface area contributed by atoms with Crippen molar-refractivity contribution >= 4 is 18.5 Å². The van der Waals surface area contributed by atoms with Gasteiger partial charge in [0, 0.05) is 0 Å². The van der Waals surface area contributed by atoms with E-state index in [4.69, 9.17) is 0 Å². The van der Waals surface area contributed by atoms with Gasteiger partial charge < -0.3 is 0 Å². The molecule has 4 unspecified atom stereocenters. The van der Waals surface area contributed by atoms with Crippen LogP contribution in [0.15, 0.2) is 0 Å². The zero-order valence-electron chi connectivity index (χ0n) is 4.93. The molecule has 2 fully saturated rings. The van der Waals surface area contributed by atoms with E-state index in [0.717, 1.165) is 16.7 Å². The van der Waals surface area contributed by atoms with Gasteiger partial charge >= 0.3 is 0 Å². The van der Waals surface area contributed by atoms with E-state index in [-0.39, 0.29) is 0 Å². The van der Waals surface area contributed by atoms with E-state index in [0.29, 0.717) is 0 Å². The number of hydrogen-bond donors (Lipinski definition) is 0. The molecule has 0 saturated heterocycles.